The van der Waals surface area contributed by atoms with Crippen LogP contribution in [0.4, 0.5) is 0 Å². The molecule has 1 amide bonds. The summed E-state index contributed by atoms with van der Waals surface area (Å²) < 4.78 is 5.13. The first-order chi connectivity index (χ1) is 10.3. The fraction of sp³-hybridized carbons (Fsp3) is 0.583. The van der Waals surface area contributed by atoms with Gasteiger partial charge in [0.2, 0.25) is 5.89 Å². The minimum absolute atomic E-state index is 0.0745. The highest BCUT2D eigenvalue weighted by Crippen LogP contribution is 2.20. The van der Waals surface area contributed by atoms with E-state index in [9.17, 15) is 4.79 Å². The molecule has 1 aliphatic heterocycles. The number of hydrogen-bond acceptors (Lipinski definition) is 7. The second kappa shape index (κ2) is 6.44. The van der Waals surface area contributed by atoms with Crippen molar-refractivity contribution < 1.29 is 9.32 Å². The summed E-state index contributed by atoms with van der Waals surface area (Å²) in [4.78, 5) is 20.0. The average Bonchev–Trinajstić information content (AvgIpc) is 3.25. The Hall–Kier alpha value is -2.29. The summed E-state index contributed by atoms with van der Waals surface area (Å²) in [5.41, 5.74) is 0. The van der Waals surface area contributed by atoms with E-state index in [-0.39, 0.29) is 17.8 Å². The van der Waals surface area contributed by atoms with Crippen molar-refractivity contribution in [2.75, 3.05) is 13.1 Å². The van der Waals surface area contributed by atoms with Crippen LogP contribution in [-0.4, -0.2) is 44.3 Å². The van der Waals surface area contributed by atoms with Gasteiger partial charge in [-0.15, -0.1) is 0 Å². The summed E-state index contributed by atoms with van der Waals surface area (Å²) in [5.74, 6) is 1.05. The molecule has 3 heterocycles. The van der Waals surface area contributed by atoms with E-state index in [1.54, 1.807) is 0 Å². The van der Waals surface area contributed by atoms with Gasteiger partial charge in [0.25, 0.3) is 11.7 Å². The second-order valence-corrected chi connectivity index (χ2v) is 4.90. The average molecular weight is 291 g/mol. The molecule has 0 saturated carbocycles. The minimum atomic E-state index is -0.319. The molecule has 0 radical (unpaired) electrons. The third-order valence-corrected chi connectivity index (χ3v) is 3.34. The van der Waals surface area contributed by atoms with Crippen molar-refractivity contribution in [1.82, 2.24) is 36.0 Å². The Morgan fingerprint density at radius 2 is 2.48 bits per heavy atom. The number of nitrogens with one attached hydrogen (secondary N) is 3. The molecule has 9 nitrogen and oxygen atoms in total. The van der Waals surface area contributed by atoms with Crippen LogP contribution in [0.5, 0.6) is 0 Å². The summed E-state index contributed by atoms with van der Waals surface area (Å²) in [6, 6.07) is 0.0745. The summed E-state index contributed by atoms with van der Waals surface area (Å²) in [7, 11) is 0. The quantitative estimate of drug-likeness (QED) is 0.639. The van der Waals surface area contributed by atoms with Gasteiger partial charge < -0.3 is 15.2 Å². The Kier molecular flexibility index (Phi) is 4.20. The number of rotatable bonds is 6. The van der Waals surface area contributed by atoms with Gasteiger partial charge in [-0.05, 0) is 25.8 Å². The molecule has 3 rings (SSSR count). The molecule has 0 spiro atoms. The smallest absolute Gasteiger partial charge is 0.292 e. The number of aryl methyl sites for hydroxylation is 1. The molecule has 1 aliphatic rings. The summed E-state index contributed by atoms with van der Waals surface area (Å²) in [6.45, 7) is 1.46. The lowest BCUT2D eigenvalue weighted by Crippen LogP contribution is -2.26. The van der Waals surface area contributed by atoms with Crippen LogP contribution in [0.15, 0.2) is 10.9 Å². The predicted molar refractivity (Wildman–Crippen MR) is 71.3 cm³/mol. The van der Waals surface area contributed by atoms with Gasteiger partial charge in [0.1, 0.15) is 12.2 Å². The number of hydrogen-bond donors (Lipinski definition) is 3. The van der Waals surface area contributed by atoms with Gasteiger partial charge in [-0.2, -0.15) is 10.1 Å². The van der Waals surface area contributed by atoms with Gasteiger partial charge in [0, 0.05) is 13.0 Å². The highest BCUT2D eigenvalue weighted by molar-refractivity contribution is 5.90. The third kappa shape index (κ3) is 3.43. The van der Waals surface area contributed by atoms with Gasteiger partial charge in [0.15, 0.2) is 0 Å². The number of aromatic nitrogens is 5. The van der Waals surface area contributed by atoms with Crippen LogP contribution in [0.1, 0.15) is 47.6 Å². The van der Waals surface area contributed by atoms with Crippen molar-refractivity contribution >= 4 is 5.91 Å². The predicted octanol–water partition coefficient (Wildman–Crippen LogP) is -0.0252. The van der Waals surface area contributed by atoms with Crippen LogP contribution < -0.4 is 10.6 Å². The zero-order valence-corrected chi connectivity index (χ0v) is 11.5. The van der Waals surface area contributed by atoms with Crippen LogP contribution in [0.25, 0.3) is 0 Å². The molecule has 0 bridgehead atoms. The molecule has 0 aromatic carbocycles. The van der Waals surface area contributed by atoms with E-state index in [4.69, 9.17) is 4.52 Å². The molecule has 112 valence electrons. The standard InChI is InChI=1S/C12H17N7O2/c20-11(14-6-2-4-9-15-7-16-18-9)10-17-12(21-19-10)8-3-1-5-13-8/h7-8,13H,1-6H2,(H,14,20)(H,15,16,18). The molecule has 2 aromatic heterocycles. The molecular weight excluding hydrogens is 274 g/mol. The first-order valence-corrected chi connectivity index (χ1v) is 7.02. The van der Waals surface area contributed by atoms with Gasteiger partial charge in [0.05, 0.1) is 6.04 Å². The Morgan fingerprint density at radius 1 is 1.52 bits per heavy atom. The van der Waals surface area contributed by atoms with E-state index in [2.05, 4.69) is 36.0 Å². The maximum absolute atomic E-state index is 11.9. The SMILES string of the molecule is O=C(NCCCc1ncn[nH]1)c1noc(C2CCCN2)n1. The van der Waals surface area contributed by atoms with Gasteiger partial charge in [-0.3, -0.25) is 9.89 Å². The summed E-state index contributed by atoms with van der Waals surface area (Å²) in [5, 5.41) is 16.3. The Bertz CT molecular complexity index is 574. The van der Waals surface area contributed by atoms with Crippen molar-refractivity contribution in [3.63, 3.8) is 0 Å². The molecule has 1 atom stereocenters. The molecule has 3 N–H and O–H groups in total. The lowest BCUT2D eigenvalue weighted by Gasteiger charge is -2.02. The van der Waals surface area contributed by atoms with Crippen molar-refractivity contribution in [3.8, 4) is 0 Å². The number of carbonyl (C=O) groups excluding carboxylic acids is 1. The van der Waals surface area contributed by atoms with Crippen LogP contribution in [-0.2, 0) is 6.42 Å². The van der Waals surface area contributed by atoms with Crippen molar-refractivity contribution in [1.29, 1.82) is 0 Å². The maximum Gasteiger partial charge on any atom is 0.292 e. The lowest BCUT2D eigenvalue weighted by atomic mass is 10.2. The Morgan fingerprint density at radius 3 is 3.24 bits per heavy atom. The topological polar surface area (TPSA) is 122 Å². The number of amides is 1. The molecule has 1 fully saturated rings. The molecule has 21 heavy (non-hydrogen) atoms. The van der Waals surface area contributed by atoms with Crippen LogP contribution in [0.3, 0.4) is 0 Å². The molecule has 9 heteroatoms. The van der Waals surface area contributed by atoms with E-state index in [1.807, 2.05) is 0 Å². The molecule has 1 saturated heterocycles. The van der Waals surface area contributed by atoms with Crippen molar-refractivity contribution in [2.24, 2.45) is 0 Å². The van der Waals surface area contributed by atoms with E-state index < -0.39 is 0 Å². The Balaban J connectivity index is 1.44. The van der Waals surface area contributed by atoms with Crippen molar-refractivity contribution in [2.45, 2.75) is 31.7 Å². The Labute approximate surface area is 120 Å². The van der Waals surface area contributed by atoms with E-state index >= 15 is 0 Å². The molecule has 1 unspecified atom stereocenters. The van der Waals surface area contributed by atoms with Gasteiger partial charge in [-0.1, -0.05) is 5.16 Å². The van der Waals surface area contributed by atoms with Gasteiger partial charge in [-0.25, -0.2) is 4.98 Å². The van der Waals surface area contributed by atoms with Crippen LogP contribution >= 0.6 is 0 Å². The second-order valence-electron chi connectivity index (χ2n) is 4.90. The zero-order valence-electron chi connectivity index (χ0n) is 11.5. The normalized spacial score (nSPS) is 18.0. The maximum atomic E-state index is 11.9. The minimum Gasteiger partial charge on any atom is -0.349 e. The fourth-order valence-electron chi connectivity index (χ4n) is 2.25. The largest absolute Gasteiger partial charge is 0.349 e. The highest BCUT2D eigenvalue weighted by atomic mass is 16.5. The monoisotopic (exact) mass is 291 g/mol. The summed E-state index contributed by atoms with van der Waals surface area (Å²) in [6.07, 6.45) is 4.99. The molecule has 0 aliphatic carbocycles. The number of carbonyl (C=O) groups is 1. The first-order valence-electron chi connectivity index (χ1n) is 7.02. The zero-order chi connectivity index (χ0) is 14.5. The van der Waals surface area contributed by atoms with Gasteiger partial charge >= 0.3 is 0 Å². The third-order valence-electron chi connectivity index (χ3n) is 3.34. The highest BCUT2D eigenvalue weighted by Gasteiger charge is 2.24. The van der Waals surface area contributed by atoms with Crippen LogP contribution in [0.2, 0.25) is 0 Å². The number of aromatic amines is 1. The molecular formula is C12H17N7O2. The fourth-order valence-corrected chi connectivity index (χ4v) is 2.25. The van der Waals surface area contributed by atoms with Crippen molar-refractivity contribution in [3.05, 3.63) is 23.9 Å². The number of H-pyrrole nitrogens is 1. The summed E-state index contributed by atoms with van der Waals surface area (Å²) >= 11 is 0. The van der Waals surface area contributed by atoms with E-state index in [1.165, 1.54) is 6.33 Å². The van der Waals surface area contributed by atoms with Crippen LogP contribution in [0, 0.1) is 0 Å². The molecule has 2 aromatic rings. The van der Waals surface area contributed by atoms with E-state index in [0.29, 0.717) is 12.4 Å². The lowest BCUT2D eigenvalue weighted by molar-refractivity contribution is 0.0940. The van der Waals surface area contributed by atoms with E-state index in [0.717, 1.165) is 38.1 Å². The first kappa shape index (κ1) is 13.7. The number of nitrogens with zero attached hydrogens (tertiary/aromatic N) is 4.